The molecule has 2 aromatic rings. The van der Waals surface area contributed by atoms with Crippen LogP contribution in [0.1, 0.15) is 81.0 Å². The van der Waals surface area contributed by atoms with Crippen LogP contribution in [-0.4, -0.2) is 25.7 Å². The zero-order valence-corrected chi connectivity index (χ0v) is 23.5. The zero-order valence-electron chi connectivity index (χ0n) is 23.5. The summed E-state index contributed by atoms with van der Waals surface area (Å²) in [6, 6.07) is 11.3. The van der Waals surface area contributed by atoms with E-state index >= 15 is 0 Å². The van der Waals surface area contributed by atoms with Crippen LogP contribution in [0.5, 0.6) is 0 Å². The summed E-state index contributed by atoms with van der Waals surface area (Å²) < 4.78 is 78.0. The Morgan fingerprint density at radius 1 is 0.829 bits per heavy atom. The lowest BCUT2D eigenvalue weighted by atomic mass is 10.1. The summed E-state index contributed by atoms with van der Waals surface area (Å²) in [6.45, 7) is 9.67. The van der Waals surface area contributed by atoms with Crippen LogP contribution in [0.2, 0.25) is 0 Å². The number of hydrogen-bond acceptors (Lipinski definition) is 4. The number of benzene rings is 2. The lowest BCUT2D eigenvalue weighted by Crippen LogP contribution is -2.33. The molecule has 10 heteroatoms. The number of nitrogens with zero attached hydrogens (tertiary/aromatic N) is 4. The second-order valence-electron chi connectivity index (χ2n) is 9.90. The molecule has 4 nitrogen and oxygen atoms in total. The number of anilines is 2. The maximum absolute atomic E-state index is 13.1. The van der Waals surface area contributed by atoms with Crippen molar-refractivity contribution in [3.63, 3.8) is 0 Å². The van der Waals surface area contributed by atoms with Crippen molar-refractivity contribution in [3.05, 3.63) is 71.3 Å². The van der Waals surface area contributed by atoms with Gasteiger partial charge in [0.25, 0.3) is 0 Å². The number of unbranched alkanes of at least 4 members (excludes halogenated alkanes) is 1. The highest BCUT2D eigenvalue weighted by Gasteiger charge is 2.35. The van der Waals surface area contributed by atoms with Crippen molar-refractivity contribution in [2.24, 2.45) is 0 Å². The van der Waals surface area contributed by atoms with Gasteiger partial charge >= 0.3 is 12.4 Å². The third-order valence-corrected chi connectivity index (χ3v) is 6.92. The molecule has 41 heavy (non-hydrogen) atoms. The number of alkyl halides is 6. The van der Waals surface area contributed by atoms with E-state index in [0.29, 0.717) is 24.5 Å². The minimum absolute atomic E-state index is 0.247. The first-order valence-electron chi connectivity index (χ1n) is 13.8. The van der Waals surface area contributed by atoms with Crippen molar-refractivity contribution < 1.29 is 26.3 Å². The molecule has 0 atom stereocenters. The predicted molar refractivity (Wildman–Crippen MR) is 150 cm³/mol. The largest absolute Gasteiger partial charge is 0.417 e. The van der Waals surface area contributed by atoms with Gasteiger partial charge in [-0.05, 0) is 62.1 Å². The normalized spacial score (nSPS) is 13.5. The second-order valence-corrected chi connectivity index (χ2v) is 9.90. The number of rotatable bonds is 10. The predicted octanol–water partition coefficient (Wildman–Crippen LogP) is 9.11. The van der Waals surface area contributed by atoms with Crippen LogP contribution in [0, 0.1) is 22.7 Å². The average Bonchev–Trinajstić information content (AvgIpc) is 3.47. The van der Waals surface area contributed by atoms with Gasteiger partial charge in [-0.25, -0.2) is 0 Å². The van der Waals surface area contributed by atoms with E-state index in [1.54, 1.807) is 30.3 Å². The SMILES string of the molecule is C=CCN(c1ccc(C#N)c(C(F)(F)F)c1)C1CCCC1.CCCCN(CCC)c1ccc(C#N)c(C(F)(F)F)c1. The Morgan fingerprint density at radius 2 is 1.34 bits per heavy atom. The average molecular weight is 579 g/mol. The van der Waals surface area contributed by atoms with E-state index < -0.39 is 23.5 Å². The van der Waals surface area contributed by atoms with Gasteiger partial charge in [0.15, 0.2) is 0 Å². The lowest BCUT2D eigenvalue weighted by molar-refractivity contribution is -0.138. The molecular formula is C31H36F6N4. The van der Waals surface area contributed by atoms with Gasteiger partial charge in [-0.1, -0.05) is 39.2 Å². The molecule has 0 N–H and O–H groups in total. The van der Waals surface area contributed by atoms with E-state index in [1.165, 1.54) is 12.1 Å². The molecule has 1 fully saturated rings. The highest BCUT2D eigenvalue weighted by atomic mass is 19.4. The first-order valence-corrected chi connectivity index (χ1v) is 13.8. The molecule has 2 aromatic carbocycles. The van der Waals surface area contributed by atoms with E-state index in [9.17, 15) is 26.3 Å². The molecule has 222 valence electrons. The van der Waals surface area contributed by atoms with Crippen LogP contribution >= 0.6 is 0 Å². The molecule has 0 saturated heterocycles. The third-order valence-electron chi connectivity index (χ3n) is 6.92. The maximum Gasteiger partial charge on any atom is 0.417 e. The fourth-order valence-corrected chi connectivity index (χ4v) is 4.91. The smallest absolute Gasteiger partial charge is 0.372 e. The van der Waals surface area contributed by atoms with E-state index in [-0.39, 0.29) is 17.2 Å². The van der Waals surface area contributed by atoms with E-state index in [2.05, 4.69) is 6.58 Å². The van der Waals surface area contributed by atoms with E-state index in [4.69, 9.17) is 10.5 Å². The van der Waals surface area contributed by atoms with Crippen molar-refractivity contribution in [2.75, 3.05) is 29.4 Å². The molecule has 0 spiro atoms. The van der Waals surface area contributed by atoms with Crippen LogP contribution in [0.4, 0.5) is 37.7 Å². The summed E-state index contributed by atoms with van der Waals surface area (Å²) in [4.78, 5) is 3.90. The van der Waals surface area contributed by atoms with Gasteiger partial charge < -0.3 is 9.80 Å². The molecule has 0 radical (unpaired) electrons. The van der Waals surface area contributed by atoms with Crippen molar-refractivity contribution >= 4 is 11.4 Å². The highest BCUT2D eigenvalue weighted by molar-refractivity contribution is 5.56. The standard InChI is InChI=1S/C16H17F3N2.C15H19F3N2/c1-2-9-21(13-5-3-4-6-13)14-8-7-12(11-20)15(10-14)16(17,18)19;1-3-5-9-20(8-4-2)13-7-6-12(11-19)14(10-13)15(16,17)18/h2,7-8,10,13H,1,3-6,9H2;6-7,10H,3-5,8-9H2,1-2H3. The van der Waals surface area contributed by atoms with Crippen LogP contribution in [-0.2, 0) is 12.4 Å². The van der Waals surface area contributed by atoms with Gasteiger partial charge in [-0.2, -0.15) is 36.9 Å². The summed E-state index contributed by atoms with van der Waals surface area (Å²) in [5.41, 5.74) is -1.34. The van der Waals surface area contributed by atoms with Gasteiger partial charge in [0.2, 0.25) is 0 Å². The topological polar surface area (TPSA) is 54.1 Å². The summed E-state index contributed by atoms with van der Waals surface area (Å²) in [5.74, 6) is 0. The molecule has 3 rings (SSSR count). The first kappa shape index (κ1) is 33.5. The fraction of sp³-hybridized carbons (Fsp3) is 0.484. The van der Waals surface area contributed by atoms with E-state index in [0.717, 1.165) is 63.6 Å². The van der Waals surface area contributed by atoms with Crippen molar-refractivity contribution in [2.45, 2.75) is 77.2 Å². The Kier molecular flexibility index (Phi) is 12.6. The van der Waals surface area contributed by atoms with Gasteiger partial charge in [0.1, 0.15) is 0 Å². The Hall–Kier alpha value is -3.66. The number of hydrogen-bond donors (Lipinski definition) is 0. The van der Waals surface area contributed by atoms with Crippen LogP contribution < -0.4 is 9.80 Å². The summed E-state index contributed by atoms with van der Waals surface area (Å²) in [6.07, 6.45) is -0.370. The van der Waals surface area contributed by atoms with E-state index in [1.807, 2.05) is 23.6 Å². The number of halogens is 6. The third kappa shape index (κ3) is 9.45. The van der Waals surface area contributed by atoms with Gasteiger partial charge in [0.05, 0.1) is 34.4 Å². The Bertz CT molecular complexity index is 1220. The maximum atomic E-state index is 13.1. The van der Waals surface area contributed by atoms with Crippen LogP contribution in [0.3, 0.4) is 0 Å². The summed E-state index contributed by atoms with van der Waals surface area (Å²) in [7, 11) is 0. The first-order chi connectivity index (χ1) is 19.4. The van der Waals surface area contributed by atoms with Crippen molar-refractivity contribution in [1.82, 2.24) is 0 Å². The Labute approximate surface area is 238 Å². The summed E-state index contributed by atoms with van der Waals surface area (Å²) in [5, 5.41) is 17.6. The zero-order chi connectivity index (χ0) is 30.6. The van der Waals surface area contributed by atoms with Gasteiger partial charge in [0, 0.05) is 37.1 Å². The van der Waals surface area contributed by atoms with Gasteiger partial charge in [-0.3, -0.25) is 0 Å². The molecule has 0 bridgehead atoms. The Morgan fingerprint density at radius 3 is 1.78 bits per heavy atom. The quantitative estimate of drug-likeness (QED) is 0.208. The monoisotopic (exact) mass is 578 g/mol. The molecule has 0 aliphatic heterocycles. The second kappa shape index (κ2) is 15.4. The van der Waals surface area contributed by atoms with Crippen molar-refractivity contribution in [3.8, 4) is 12.1 Å². The molecule has 0 amide bonds. The van der Waals surface area contributed by atoms with Crippen LogP contribution in [0.15, 0.2) is 49.1 Å². The molecule has 0 aromatic heterocycles. The lowest BCUT2D eigenvalue weighted by Gasteiger charge is -2.30. The molecule has 0 unspecified atom stereocenters. The van der Waals surface area contributed by atoms with Gasteiger partial charge in [-0.15, -0.1) is 6.58 Å². The Balaban J connectivity index is 0.000000287. The number of nitriles is 2. The molecule has 1 aliphatic carbocycles. The molecular weight excluding hydrogens is 542 g/mol. The van der Waals surface area contributed by atoms with Crippen molar-refractivity contribution in [1.29, 1.82) is 10.5 Å². The minimum Gasteiger partial charge on any atom is -0.372 e. The van der Waals surface area contributed by atoms with Crippen LogP contribution in [0.25, 0.3) is 0 Å². The highest BCUT2D eigenvalue weighted by Crippen LogP contribution is 2.37. The fourth-order valence-electron chi connectivity index (χ4n) is 4.91. The molecule has 1 aliphatic rings. The minimum atomic E-state index is -4.52. The summed E-state index contributed by atoms with van der Waals surface area (Å²) >= 11 is 0. The molecule has 0 heterocycles. The molecule has 1 saturated carbocycles.